The topological polar surface area (TPSA) is 84.5 Å². The molecule has 1 heterocycles. The van der Waals surface area contributed by atoms with E-state index in [1.807, 2.05) is 6.92 Å². The lowest BCUT2D eigenvalue weighted by Gasteiger charge is -2.14. The van der Waals surface area contributed by atoms with Crippen molar-refractivity contribution in [2.24, 2.45) is 0 Å². The number of hydrogen-bond acceptors (Lipinski definition) is 5. The third kappa shape index (κ3) is 5.35. The number of thiophene rings is 1. The van der Waals surface area contributed by atoms with Crippen LogP contribution >= 0.6 is 11.3 Å². The number of carbonyl (C=O) groups is 3. The van der Waals surface area contributed by atoms with E-state index >= 15 is 0 Å². The Morgan fingerprint density at radius 3 is 2.54 bits per heavy atom. The van der Waals surface area contributed by atoms with Gasteiger partial charge in [0.05, 0.1) is 10.6 Å². The average molecular weight is 382 g/mol. The Balaban J connectivity index is 1.82. The Morgan fingerprint density at radius 2 is 1.92 bits per heavy atom. The van der Waals surface area contributed by atoms with E-state index in [9.17, 15) is 23.2 Å². The maximum atomic E-state index is 13.5. The highest BCUT2D eigenvalue weighted by molar-refractivity contribution is 7.13. The van der Waals surface area contributed by atoms with Gasteiger partial charge in [0.1, 0.15) is 18.2 Å². The zero-order chi connectivity index (χ0) is 19.3. The van der Waals surface area contributed by atoms with Crippen LogP contribution in [-0.4, -0.2) is 30.4 Å². The molecule has 0 saturated carbocycles. The first-order valence-corrected chi connectivity index (χ1v) is 8.38. The molecular weight excluding hydrogens is 366 g/mol. The summed E-state index contributed by atoms with van der Waals surface area (Å²) >= 11 is 1.28. The van der Waals surface area contributed by atoms with Crippen LogP contribution in [0.2, 0.25) is 0 Å². The van der Waals surface area contributed by atoms with Gasteiger partial charge in [-0.15, -0.1) is 11.3 Å². The minimum atomic E-state index is -1.23. The van der Waals surface area contributed by atoms with E-state index in [-0.39, 0.29) is 5.69 Å². The second-order valence-corrected chi connectivity index (χ2v) is 6.63. The van der Waals surface area contributed by atoms with Crippen LogP contribution in [0, 0.1) is 18.6 Å². The van der Waals surface area contributed by atoms with Gasteiger partial charge < -0.3 is 15.4 Å². The number of halogens is 2. The lowest BCUT2D eigenvalue weighted by Crippen LogP contribution is -2.35. The van der Waals surface area contributed by atoms with Crippen LogP contribution in [0.4, 0.5) is 14.5 Å². The monoisotopic (exact) mass is 382 g/mol. The van der Waals surface area contributed by atoms with Gasteiger partial charge in [-0.1, -0.05) is 0 Å². The number of ether oxygens (including phenoxy) is 1. The van der Waals surface area contributed by atoms with Crippen molar-refractivity contribution < 1.29 is 27.9 Å². The van der Waals surface area contributed by atoms with Crippen LogP contribution in [0.25, 0.3) is 0 Å². The fourth-order valence-corrected chi connectivity index (χ4v) is 2.70. The van der Waals surface area contributed by atoms with Crippen LogP contribution in [0.5, 0.6) is 0 Å². The van der Waals surface area contributed by atoms with Crippen molar-refractivity contribution in [1.82, 2.24) is 5.32 Å². The van der Waals surface area contributed by atoms with E-state index in [4.69, 9.17) is 4.74 Å². The molecule has 2 rings (SSSR count). The summed E-state index contributed by atoms with van der Waals surface area (Å²) in [6.07, 6.45) is -1.23. The molecular formula is C17H16F2N2O4S. The Morgan fingerprint density at radius 1 is 1.19 bits per heavy atom. The first-order valence-electron chi connectivity index (χ1n) is 7.56. The van der Waals surface area contributed by atoms with Crippen molar-refractivity contribution in [2.75, 3.05) is 11.9 Å². The van der Waals surface area contributed by atoms with Crippen molar-refractivity contribution in [2.45, 2.75) is 20.0 Å². The van der Waals surface area contributed by atoms with Crippen molar-refractivity contribution in [1.29, 1.82) is 0 Å². The van der Waals surface area contributed by atoms with Crippen LogP contribution in [0.15, 0.2) is 30.3 Å². The van der Waals surface area contributed by atoms with E-state index < -0.39 is 42.1 Å². The molecule has 1 atom stereocenters. The van der Waals surface area contributed by atoms with Gasteiger partial charge in [-0.3, -0.25) is 14.4 Å². The molecule has 0 fully saturated rings. The molecule has 2 N–H and O–H groups in total. The zero-order valence-electron chi connectivity index (χ0n) is 14.0. The van der Waals surface area contributed by atoms with Crippen molar-refractivity contribution in [3.05, 3.63) is 51.7 Å². The minimum absolute atomic E-state index is 0.235. The van der Waals surface area contributed by atoms with Gasteiger partial charge in [0.25, 0.3) is 11.8 Å². The number of esters is 1. The standard InChI is InChI=1S/C17H16F2N2O4S/c1-9-3-6-14(26-9)17(24)20-8-15(22)25-10(2)16(23)21-13-5-4-11(18)7-12(13)19/h3-7,10H,8H2,1-2H3,(H,20,24)(H,21,23)/t10-/m1/s1. The van der Waals surface area contributed by atoms with Gasteiger partial charge in [-0.25, -0.2) is 8.78 Å². The Kier molecular flexibility index (Phi) is 6.40. The van der Waals surface area contributed by atoms with E-state index in [0.29, 0.717) is 10.9 Å². The molecule has 0 bridgehead atoms. The predicted octanol–water partition coefficient (Wildman–Crippen LogP) is 2.63. The normalized spacial score (nSPS) is 11.5. The molecule has 2 amide bonds. The first kappa shape index (κ1) is 19.5. The number of hydrogen-bond donors (Lipinski definition) is 2. The third-order valence-corrected chi connectivity index (χ3v) is 4.22. The molecule has 0 saturated heterocycles. The number of carbonyl (C=O) groups excluding carboxylic acids is 3. The van der Waals surface area contributed by atoms with Crippen LogP contribution in [0.1, 0.15) is 21.5 Å². The molecule has 138 valence electrons. The minimum Gasteiger partial charge on any atom is -0.451 e. The fraction of sp³-hybridized carbons (Fsp3) is 0.235. The molecule has 1 aromatic heterocycles. The average Bonchev–Trinajstić information content (AvgIpc) is 3.01. The Labute approximate surface area is 152 Å². The number of anilines is 1. The molecule has 0 aliphatic carbocycles. The highest BCUT2D eigenvalue weighted by atomic mass is 32.1. The summed E-state index contributed by atoms with van der Waals surface area (Å²) in [5.74, 6) is -3.77. The van der Waals surface area contributed by atoms with Crippen molar-refractivity contribution >= 4 is 34.8 Å². The van der Waals surface area contributed by atoms with Gasteiger partial charge >= 0.3 is 5.97 Å². The first-order chi connectivity index (χ1) is 12.3. The summed E-state index contributed by atoms with van der Waals surface area (Å²) in [7, 11) is 0. The summed E-state index contributed by atoms with van der Waals surface area (Å²) in [5, 5.41) is 4.58. The van der Waals surface area contributed by atoms with Gasteiger partial charge in [-0.05, 0) is 38.1 Å². The quantitative estimate of drug-likeness (QED) is 0.753. The lowest BCUT2D eigenvalue weighted by atomic mass is 10.2. The highest BCUT2D eigenvalue weighted by Gasteiger charge is 2.20. The number of aryl methyl sites for hydroxylation is 1. The van der Waals surface area contributed by atoms with Crippen molar-refractivity contribution in [3.63, 3.8) is 0 Å². The summed E-state index contributed by atoms with van der Waals surface area (Å²) in [5.41, 5.74) is -0.235. The summed E-state index contributed by atoms with van der Waals surface area (Å²) < 4.78 is 31.2. The van der Waals surface area contributed by atoms with E-state index in [0.717, 1.165) is 17.0 Å². The summed E-state index contributed by atoms with van der Waals surface area (Å²) in [4.78, 5) is 36.9. The van der Waals surface area contributed by atoms with Crippen LogP contribution < -0.4 is 10.6 Å². The Bertz CT molecular complexity index is 838. The fourth-order valence-electron chi connectivity index (χ4n) is 1.91. The van der Waals surface area contributed by atoms with Gasteiger partial charge in [0.2, 0.25) is 0 Å². The summed E-state index contributed by atoms with van der Waals surface area (Å²) in [6, 6.07) is 6.07. The maximum absolute atomic E-state index is 13.5. The van der Waals surface area contributed by atoms with E-state index in [1.165, 1.54) is 18.3 Å². The number of amides is 2. The lowest BCUT2D eigenvalue weighted by molar-refractivity contribution is -0.152. The SMILES string of the molecule is Cc1ccc(C(=O)NCC(=O)O[C@H](C)C(=O)Nc2ccc(F)cc2F)s1. The molecule has 6 nitrogen and oxygen atoms in total. The molecule has 2 aromatic rings. The Hall–Kier alpha value is -2.81. The molecule has 0 aliphatic heterocycles. The molecule has 1 aromatic carbocycles. The molecule has 0 aliphatic rings. The number of rotatable bonds is 6. The summed E-state index contributed by atoms with van der Waals surface area (Å²) in [6.45, 7) is 2.72. The van der Waals surface area contributed by atoms with Crippen molar-refractivity contribution in [3.8, 4) is 0 Å². The van der Waals surface area contributed by atoms with E-state index in [1.54, 1.807) is 12.1 Å². The number of nitrogens with one attached hydrogen (secondary N) is 2. The zero-order valence-corrected chi connectivity index (χ0v) is 14.8. The molecule has 0 unspecified atom stereocenters. The van der Waals surface area contributed by atoms with E-state index in [2.05, 4.69) is 10.6 Å². The largest absolute Gasteiger partial charge is 0.451 e. The number of benzene rings is 1. The van der Waals surface area contributed by atoms with Gasteiger partial charge in [-0.2, -0.15) is 0 Å². The van der Waals surface area contributed by atoms with Crippen LogP contribution in [-0.2, 0) is 14.3 Å². The van der Waals surface area contributed by atoms with Crippen LogP contribution in [0.3, 0.4) is 0 Å². The van der Waals surface area contributed by atoms with Gasteiger partial charge in [0, 0.05) is 10.9 Å². The van der Waals surface area contributed by atoms with Gasteiger partial charge in [0.15, 0.2) is 6.10 Å². The molecule has 9 heteroatoms. The highest BCUT2D eigenvalue weighted by Crippen LogP contribution is 2.16. The second-order valence-electron chi connectivity index (χ2n) is 5.34. The predicted molar refractivity (Wildman–Crippen MR) is 91.9 cm³/mol. The third-order valence-electron chi connectivity index (χ3n) is 3.22. The molecule has 0 radical (unpaired) electrons. The smallest absolute Gasteiger partial charge is 0.326 e. The second kappa shape index (κ2) is 8.52. The molecule has 0 spiro atoms. The maximum Gasteiger partial charge on any atom is 0.326 e. The molecule has 26 heavy (non-hydrogen) atoms.